The van der Waals surface area contributed by atoms with Crippen molar-refractivity contribution in [3.63, 3.8) is 0 Å². The summed E-state index contributed by atoms with van der Waals surface area (Å²) in [6.07, 6.45) is 5.87. The molecule has 2 aromatic carbocycles. The molecule has 0 heterocycles. The highest BCUT2D eigenvalue weighted by molar-refractivity contribution is 5.96. The lowest BCUT2D eigenvalue weighted by Crippen LogP contribution is -2.03. The zero-order valence-corrected chi connectivity index (χ0v) is 15.1. The Morgan fingerprint density at radius 1 is 1.04 bits per heavy atom. The second kappa shape index (κ2) is 8.52. The lowest BCUT2D eigenvalue weighted by atomic mass is 9.92. The number of hydrogen-bond acceptors (Lipinski definition) is 2. The van der Waals surface area contributed by atoms with Gasteiger partial charge in [0, 0.05) is 0 Å². The van der Waals surface area contributed by atoms with Gasteiger partial charge in [0.25, 0.3) is 0 Å². The summed E-state index contributed by atoms with van der Waals surface area (Å²) in [6, 6.07) is 13.0. The van der Waals surface area contributed by atoms with Crippen molar-refractivity contribution < 1.29 is 15.0 Å². The van der Waals surface area contributed by atoms with Gasteiger partial charge in [-0.3, -0.25) is 0 Å². The van der Waals surface area contributed by atoms with Gasteiger partial charge in [0.05, 0.1) is 0 Å². The number of benzene rings is 2. The molecular formula is C22H26O3. The van der Waals surface area contributed by atoms with Gasteiger partial charge in [0.2, 0.25) is 0 Å². The first-order valence-electron chi connectivity index (χ1n) is 8.69. The van der Waals surface area contributed by atoms with E-state index in [0.29, 0.717) is 17.4 Å². The van der Waals surface area contributed by atoms with E-state index < -0.39 is 5.97 Å². The van der Waals surface area contributed by atoms with E-state index in [1.807, 2.05) is 18.2 Å². The third-order valence-electron chi connectivity index (χ3n) is 4.18. The number of aromatic carboxylic acids is 1. The minimum Gasteiger partial charge on any atom is -0.507 e. The molecule has 0 aliphatic rings. The predicted molar refractivity (Wildman–Crippen MR) is 103 cm³/mol. The second-order valence-electron chi connectivity index (χ2n) is 7.06. The molecule has 1 unspecified atom stereocenters. The Labute approximate surface area is 149 Å². The molecule has 2 N–H and O–H groups in total. The van der Waals surface area contributed by atoms with Crippen LogP contribution in [0, 0.1) is 11.8 Å². The molecule has 0 aromatic heterocycles. The SMILES string of the molecule is CC(C)CC(C)Cc1ccc(/C=C\c2cccc(O)c2C(=O)O)cc1. The number of rotatable bonds is 7. The van der Waals surface area contributed by atoms with E-state index in [4.69, 9.17) is 0 Å². The van der Waals surface area contributed by atoms with Gasteiger partial charge in [-0.2, -0.15) is 0 Å². The Hall–Kier alpha value is -2.55. The zero-order valence-electron chi connectivity index (χ0n) is 15.1. The third-order valence-corrected chi connectivity index (χ3v) is 4.18. The first kappa shape index (κ1) is 18.8. The largest absolute Gasteiger partial charge is 0.507 e. The van der Waals surface area contributed by atoms with E-state index in [9.17, 15) is 15.0 Å². The first-order chi connectivity index (χ1) is 11.9. The smallest absolute Gasteiger partial charge is 0.340 e. The minimum atomic E-state index is -1.13. The number of carbonyl (C=O) groups is 1. The second-order valence-corrected chi connectivity index (χ2v) is 7.06. The fraction of sp³-hybridized carbons (Fsp3) is 0.318. The monoisotopic (exact) mass is 338 g/mol. The average Bonchev–Trinajstić information content (AvgIpc) is 2.53. The van der Waals surface area contributed by atoms with E-state index in [2.05, 4.69) is 32.9 Å². The maximum absolute atomic E-state index is 11.3. The molecule has 132 valence electrons. The van der Waals surface area contributed by atoms with Gasteiger partial charge in [0.15, 0.2) is 0 Å². The molecule has 0 saturated heterocycles. The van der Waals surface area contributed by atoms with Crippen LogP contribution in [0.3, 0.4) is 0 Å². The molecule has 0 aliphatic heterocycles. The summed E-state index contributed by atoms with van der Waals surface area (Å²) >= 11 is 0. The molecule has 0 amide bonds. The Kier molecular flexibility index (Phi) is 6.40. The predicted octanol–water partition coefficient (Wildman–Crippen LogP) is 5.49. The fourth-order valence-electron chi connectivity index (χ4n) is 3.17. The number of carboxylic acid groups (broad SMARTS) is 1. The molecule has 2 rings (SSSR count). The first-order valence-corrected chi connectivity index (χ1v) is 8.69. The summed E-state index contributed by atoms with van der Waals surface area (Å²) in [5.41, 5.74) is 2.73. The summed E-state index contributed by atoms with van der Waals surface area (Å²) in [5.74, 6) is 0.0195. The molecule has 25 heavy (non-hydrogen) atoms. The highest BCUT2D eigenvalue weighted by Gasteiger charge is 2.12. The fourth-order valence-corrected chi connectivity index (χ4v) is 3.17. The summed E-state index contributed by atoms with van der Waals surface area (Å²) in [5, 5.41) is 19.0. The standard InChI is InChI=1S/C22H26O3/c1-15(2)13-16(3)14-18-9-7-17(8-10-18)11-12-19-5-4-6-20(23)21(19)22(24)25/h4-12,15-16,23H,13-14H2,1-3H3,(H,24,25)/b12-11-. The van der Waals surface area contributed by atoms with Gasteiger partial charge in [-0.25, -0.2) is 4.79 Å². The molecular weight excluding hydrogens is 312 g/mol. The van der Waals surface area contributed by atoms with E-state index in [-0.39, 0.29) is 11.3 Å². The Balaban J connectivity index is 2.10. The van der Waals surface area contributed by atoms with Crippen LogP contribution >= 0.6 is 0 Å². The summed E-state index contributed by atoms with van der Waals surface area (Å²) in [4.78, 5) is 11.3. The van der Waals surface area contributed by atoms with Gasteiger partial charge in [-0.15, -0.1) is 0 Å². The molecule has 0 bridgehead atoms. The van der Waals surface area contributed by atoms with Crippen molar-refractivity contribution in [2.24, 2.45) is 11.8 Å². The minimum absolute atomic E-state index is 0.0714. The lowest BCUT2D eigenvalue weighted by Gasteiger charge is -2.13. The summed E-state index contributed by atoms with van der Waals surface area (Å²) in [6.45, 7) is 6.78. The van der Waals surface area contributed by atoms with Crippen LogP contribution in [0.15, 0.2) is 42.5 Å². The van der Waals surface area contributed by atoms with Crippen LogP contribution < -0.4 is 0 Å². The molecule has 2 aromatic rings. The van der Waals surface area contributed by atoms with Crippen LogP contribution in [0.1, 0.15) is 54.2 Å². The number of phenols is 1. The molecule has 0 fully saturated rings. The van der Waals surface area contributed by atoms with E-state index in [1.54, 1.807) is 18.2 Å². The van der Waals surface area contributed by atoms with Crippen LogP contribution in [-0.2, 0) is 6.42 Å². The highest BCUT2D eigenvalue weighted by atomic mass is 16.4. The van der Waals surface area contributed by atoms with Gasteiger partial charge >= 0.3 is 5.97 Å². The quantitative estimate of drug-likeness (QED) is 0.657. The third kappa shape index (κ3) is 5.49. The van der Waals surface area contributed by atoms with E-state index >= 15 is 0 Å². The molecule has 1 atom stereocenters. The van der Waals surface area contributed by atoms with Gasteiger partial charge in [-0.1, -0.05) is 69.3 Å². The summed E-state index contributed by atoms with van der Waals surface area (Å²) in [7, 11) is 0. The van der Waals surface area contributed by atoms with Crippen LogP contribution in [0.5, 0.6) is 5.75 Å². The number of carboxylic acids is 1. The average molecular weight is 338 g/mol. The van der Waals surface area contributed by atoms with Gasteiger partial charge in [0.1, 0.15) is 11.3 Å². The molecule has 0 radical (unpaired) electrons. The van der Waals surface area contributed by atoms with Gasteiger partial charge in [-0.05, 0) is 47.4 Å². The van der Waals surface area contributed by atoms with Crippen LogP contribution in [-0.4, -0.2) is 16.2 Å². The number of aromatic hydroxyl groups is 1. The highest BCUT2D eigenvalue weighted by Crippen LogP contribution is 2.23. The van der Waals surface area contributed by atoms with Crippen molar-refractivity contribution in [2.75, 3.05) is 0 Å². The molecule has 0 saturated carbocycles. The molecule has 3 heteroatoms. The molecule has 3 nitrogen and oxygen atoms in total. The van der Waals surface area contributed by atoms with Crippen molar-refractivity contribution in [2.45, 2.75) is 33.6 Å². The maximum atomic E-state index is 11.3. The number of hydrogen-bond donors (Lipinski definition) is 2. The topological polar surface area (TPSA) is 57.5 Å². The maximum Gasteiger partial charge on any atom is 0.340 e. The van der Waals surface area contributed by atoms with Crippen molar-refractivity contribution in [3.8, 4) is 5.75 Å². The Morgan fingerprint density at radius 2 is 1.72 bits per heavy atom. The van der Waals surface area contributed by atoms with Crippen LogP contribution in [0.25, 0.3) is 12.2 Å². The van der Waals surface area contributed by atoms with E-state index in [0.717, 1.165) is 12.0 Å². The van der Waals surface area contributed by atoms with Crippen molar-refractivity contribution in [1.29, 1.82) is 0 Å². The summed E-state index contributed by atoms with van der Waals surface area (Å²) < 4.78 is 0. The normalized spacial score (nSPS) is 12.6. The van der Waals surface area contributed by atoms with Crippen LogP contribution in [0.4, 0.5) is 0 Å². The van der Waals surface area contributed by atoms with Gasteiger partial charge < -0.3 is 10.2 Å². The van der Waals surface area contributed by atoms with Crippen molar-refractivity contribution in [1.82, 2.24) is 0 Å². The van der Waals surface area contributed by atoms with E-state index in [1.165, 1.54) is 18.1 Å². The molecule has 0 spiro atoms. The Bertz CT molecular complexity index is 742. The van der Waals surface area contributed by atoms with Crippen LogP contribution in [0.2, 0.25) is 0 Å². The molecule has 0 aliphatic carbocycles. The zero-order chi connectivity index (χ0) is 18.4. The van der Waals surface area contributed by atoms with Crippen molar-refractivity contribution >= 4 is 18.1 Å². The Morgan fingerprint density at radius 3 is 2.32 bits per heavy atom. The van der Waals surface area contributed by atoms with Crippen molar-refractivity contribution in [3.05, 3.63) is 64.7 Å². The lowest BCUT2D eigenvalue weighted by molar-refractivity contribution is 0.0693.